The molecule has 2 N–H and O–H groups in total. The Morgan fingerprint density at radius 2 is 1.85 bits per heavy atom. The second kappa shape index (κ2) is 8.79. The molecule has 182 valence electrons. The molecule has 2 amide bonds. The lowest BCUT2D eigenvalue weighted by Crippen LogP contribution is -2.54. The van der Waals surface area contributed by atoms with Crippen molar-refractivity contribution in [1.82, 2.24) is 14.5 Å². The molecule has 12 heteroatoms. The van der Waals surface area contributed by atoms with Crippen LogP contribution in [0, 0.1) is 11.8 Å². The van der Waals surface area contributed by atoms with Crippen LogP contribution in [0.2, 0.25) is 0 Å². The number of carbonyl (C=O) groups excluding carboxylic acids is 1. The van der Waals surface area contributed by atoms with E-state index in [2.05, 4.69) is 5.32 Å². The van der Waals surface area contributed by atoms with Gasteiger partial charge in [0.05, 0.1) is 10.5 Å². The first-order chi connectivity index (χ1) is 15.5. The average molecular weight is 490 g/mol. The molecule has 1 aromatic carbocycles. The summed E-state index contributed by atoms with van der Waals surface area (Å²) in [4.78, 5) is 25.0. The van der Waals surface area contributed by atoms with Crippen molar-refractivity contribution in [3.8, 4) is 0 Å². The first kappa shape index (κ1) is 23.8. The molecule has 0 bridgehead atoms. The number of hydrogen-bond donors (Lipinski definition) is 2. The Kier molecular flexibility index (Phi) is 6.34. The van der Waals surface area contributed by atoms with Crippen LogP contribution >= 0.6 is 0 Å². The fourth-order valence-electron chi connectivity index (χ4n) is 5.29. The minimum Gasteiger partial charge on any atom is -0.465 e. The molecular formula is C21H26F3N3O5S. The van der Waals surface area contributed by atoms with Gasteiger partial charge in [0.25, 0.3) is 0 Å². The molecule has 2 saturated heterocycles. The Morgan fingerprint density at radius 1 is 1.09 bits per heavy atom. The zero-order valence-electron chi connectivity index (χ0n) is 17.8. The Morgan fingerprint density at radius 3 is 2.55 bits per heavy atom. The van der Waals surface area contributed by atoms with E-state index in [1.54, 1.807) is 0 Å². The van der Waals surface area contributed by atoms with Crippen LogP contribution in [0.1, 0.15) is 37.7 Å². The maximum atomic E-state index is 13.0. The zero-order valence-corrected chi connectivity index (χ0v) is 18.6. The number of benzene rings is 1. The zero-order chi connectivity index (χ0) is 24.0. The summed E-state index contributed by atoms with van der Waals surface area (Å²) in [6.45, 7) is 0.578. The van der Waals surface area contributed by atoms with Gasteiger partial charge in [0.1, 0.15) is 6.04 Å². The van der Waals surface area contributed by atoms with Gasteiger partial charge in [-0.3, -0.25) is 9.69 Å². The summed E-state index contributed by atoms with van der Waals surface area (Å²) in [5, 5.41) is 12.3. The van der Waals surface area contributed by atoms with Gasteiger partial charge in [-0.25, -0.2) is 13.2 Å². The molecule has 4 rings (SSSR count). The van der Waals surface area contributed by atoms with Gasteiger partial charge in [0, 0.05) is 25.7 Å². The molecule has 8 nitrogen and oxygen atoms in total. The number of alkyl halides is 3. The molecule has 2 aliphatic heterocycles. The molecule has 1 saturated carbocycles. The van der Waals surface area contributed by atoms with E-state index in [1.807, 2.05) is 0 Å². The van der Waals surface area contributed by atoms with Gasteiger partial charge in [-0.2, -0.15) is 17.5 Å². The van der Waals surface area contributed by atoms with Crippen molar-refractivity contribution in [2.75, 3.05) is 19.6 Å². The van der Waals surface area contributed by atoms with Crippen LogP contribution in [-0.4, -0.2) is 66.4 Å². The number of nitrogens with zero attached hydrogens (tertiary/aromatic N) is 2. The lowest BCUT2D eigenvalue weighted by molar-refractivity contribution is -0.137. The maximum Gasteiger partial charge on any atom is 0.416 e. The predicted octanol–water partition coefficient (Wildman–Crippen LogP) is 2.75. The number of amides is 2. The van der Waals surface area contributed by atoms with Gasteiger partial charge in [-0.1, -0.05) is 6.07 Å². The third-order valence-corrected chi connectivity index (χ3v) is 8.83. The fraction of sp³-hybridized carbons (Fsp3) is 0.619. The van der Waals surface area contributed by atoms with Crippen LogP contribution in [0.4, 0.5) is 18.0 Å². The van der Waals surface area contributed by atoms with Gasteiger partial charge < -0.3 is 10.4 Å². The smallest absolute Gasteiger partial charge is 0.416 e. The molecule has 1 aromatic rings. The Hall–Kier alpha value is -2.34. The molecule has 3 aliphatic rings. The Balaban J connectivity index is 1.45. The average Bonchev–Trinajstić information content (AvgIpc) is 3.35. The molecule has 2 heterocycles. The predicted molar refractivity (Wildman–Crippen MR) is 111 cm³/mol. The standard InChI is InChI=1S/C21H26F3N3O5S/c22-21(23,24)14-4-3-5-15(10-14)33(31,32)26-11-13-7-8-17(16(13)12-26)25-19(28)18-6-1-2-9-27(18)20(29)30/h3-5,10,13,16-18H,1-2,6-9,11-12H2,(H,25,28)(H,29,30)/t13-,16+,17+,18-/m0/s1. The van der Waals surface area contributed by atoms with Crippen LogP contribution in [0.15, 0.2) is 29.2 Å². The molecule has 3 fully saturated rings. The van der Waals surface area contributed by atoms with E-state index >= 15 is 0 Å². The summed E-state index contributed by atoms with van der Waals surface area (Å²) in [5.41, 5.74) is -1.02. The number of likely N-dealkylation sites (tertiary alicyclic amines) is 1. The van der Waals surface area contributed by atoms with Gasteiger partial charge in [0.2, 0.25) is 15.9 Å². The number of rotatable bonds is 4. The summed E-state index contributed by atoms with van der Waals surface area (Å²) < 4.78 is 66.4. The first-order valence-electron chi connectivity index (χ1n) is 11.0. The fourth-order valence-corrected chi connectivity index (χ4v) is 6.87. The summed E-state index contributed by atoms with van der Waals surface area (Å²) in [5.74, 6) is -0.559. The van der Waals surface area contributed by atoms with Crippen molar-refractivity contribution in [2.45, 2.75) is 55.3 Å². The molecule has 0 spiro atoms. The van der Waals surface area contributed by atoms with E-state index in [-0.39, 0.29) is 36.9 Å². The Labute approximate surface area is 189 Å². The largest absolute Gasteiger partial charge is 0.465 e. The molecule has 4 atom stereocenters. The molecule has 0 aromatic heterocycles. The maximum absolute atomic E-state index is 13.0. The molecule has 0 unspecified atom stereocenters. The van der Waals surface area contributed by atoms with E-state index in [0.717, 1.165) is 29.5 Å². The van der Waals surface area contributed by atoms with Gasteiger partial charge in [-0.05, 0) is 62.1 Å². The SMILES string of the molecule is O=C(N[C@@H]1CC[C@H]2CN(S(=O)(=O)c3cccc(C(F)(F)F)c3)C[C@H]21)[C@@H]1CCCCN1C(=O)O. The summed E-state index contributed by atoms with van der Waals surface area (Å²) >= 11 is 0. The first-order valence-corrected chi connectivity index (χ1v) is 12.4. The van der Waals surface area contributed by atoms with E-state index in [4.69, 9.17) is 0 Å². The van der Waals surface area contributed by atoms with Crippen LogP contribution in [0.3, 0.4) is 0 Å². The van der Waals surface area contributed by atoms with Crippen molar-refractivity contribution in [3.05, 3.63) is 29.8 Å². The van der Waals surface area contributed by atoms with Crippen molar-refractivity contribution >= 4 is 22.0 Å². The number of hydrogen-bond acceptors (Lipinski definition) is 4. The highest BCUT2D eigenvalue weighted by Gasteiger charge is 2.47. The van der Waals surface area contributed by atoms with Crippen LogP contribution in [0.25, 0.3) is 0 Å². The minimum absolute atomic E-state index is 0.0159. The van der Waals surface area contributed by atoms with Crippen LogP contribution in [-0.2, 0) is 21.0 Å². The van der Waals surface area contributed by atoms with E-state index in [9.17, 15) is 36.3 Å². The van der Waals surface area contributed by atoms with Crippen molar-refractivity contribution in [2.24, 2.45) is 11.8 Å². The van der Waals surface area contributed by atoms with Crippen molar-refractivity contribution < 1.29 is 36.3 Å². The third kappa shape index (κ3) is 4.68. The number of carboxylic acid groups (broad SMARTS) is 1. The summed E-state index contributed by atoms with van der Waals surface area (Å²) in [6.07, 6.45) is -2.57. The highest BCUT2D eigenvalue weighted by molar-refractivity contribution is 7.89. The lowest BCUT2D eigenvalue weighted by Gasteiger charge is -2.33. The highest BCUT2D eigenvalue weighted by atomic mass is 32.2. The number of sulfonamides is 1. The van der Waals surface area contributed by atoms with Gasteiger partial charge in [0.15, 0.2) is 0 Å². The van der Waals surface area contributed by atoms with Crippen molar-refractivity contribution in [1.29, 1.82) is 0 Å². The summed E-state index contributed by atoms with van der Waals surface area (Å²) in [6, 6.07) is 2.64. The second-order valence-electron chi connectivity index (χ2n) is 8.95. The third-order valence-electron chi connectivity index (χ3n) is 7.00. The van der Waals surface area contributed by atoms with Crippen LogP contribution in [0.5, 0.6) is 0 Å². The monoisotopic (exact) mass is 489 g/mol. The number of fused-ring (bicyclic) bond motifs is 1. The number of nitrogens with one attached hydrogen (secondary N) is 1. The topological polar surface area (TPSA) is 107 Å². The molecule has 33 heavy (non-hydrogen) atoms. The number of carbonyl (C=O) groups is 2. The second-order valence-corrected chi connectivity index (χ2v) is 10.9. The molecule has 1 aliphatic carbocycles. The molecular weight excluding hydrogens is 463 g/mol. The number of halogens is 3. The normalized spacial score (nSPS) is 28.5. The van der Waals surface area contributed by atoms with Gasteiger partial charge >= 0.3 is 12.3 Å². The lowest BCUT2D eigenvalue weighted by atomic mass is 9.96. The van der Waals surface area contributed by atoms with Crippen molar-refractivity contribution in [3.63, 3.8) is 0 Å². The van der Waals surface area contributed by atoms with E-state index in [0.29, 0.717) is 38.3 Å². The van der Waals surface area contributed by atoms with E-state index < -0.39 is 38.8 Å². The quantitative estimate of drug-likeness (QED) is 0.677. The van der Waals surface area contributed by atoms with Gasteiger partial charge in [-0.15, -0.1) is 0 Å². The number of piperidine rings is 1. The Bertz CT molecular complexity index is 1030. The van der Waals surface area contributed by atoms with Crippen LogP contribution < -0.4 is 5.32 Å². The highest BCUT2D eigenvalue weighted by Crippen LogP contribution is 2.41. The molecule has 0 radical (unpaired) electrons. The summed E-state index contributed by atoms with van der Waals surface area (Å²) in [7, 11) is -4.12. The minimum atomic E-state index is -4.65. The van der Waals surface area contributed by atoms with E-state index in [1.165, 1.54) is 4.31 Å².